The Morgan fingerprint density at radius 2 is 1.16 bits per heavy atom. The van der Waals surface area contributed by atoms with Crippen molar-refractivity contribution < 1.29 is 9.59 Å². The molecule has 260 valence electrons. The van der Waals surface area contributed by atoms with Crippen molar-refractivity contribution in [2.24, 2.45) is 0 Å². The maximum atomic E-state index is 13.2. The van der Waals surface area contributed by atoms with Gasteiger partial charge in [0.1, 0.15) is 10.0 Å². The average Bonchev–Trinajstić information content (AvgIpc) is 3.75. The number of nitrogens with zero attached hydrogens (tertiary/aromatic N) is 4. The third-order valence-corrected chi connectivity index (χ3v) is 10.8. The van der Waals surface area contributed by atoms with Gasteiger partial charge in [-0.15, -0.1) is 22.7 Å². The molecule has 0 radical (unpaired) electrons. The number of rotatable bonds is 15. The first kappa shape index (κ1) is 35.9. The Morgan fingerprint density at radius 3 is 1.69 bits per heavy atom. The van der Waals surface area contributed by atoms with E-state index in [1.54, 1.807) is 22.7 Å². The van der Waals surface area contributed by atoms with E-state index in [4.69, 9.17) is 4.98 Å². The van der Waals surface area contributed by atoms with Crippen molar-refractivity contribution in [3.63, 3.8) is 0 Å². The van der Waals surface area contributed by atoms with E-state index in [0.29, 0.717) is 39.0 Å². The zero-order valence-corrected chi connectivity index (χ0v) is 31.0. The summed E-state index contributed by atoms with van der Waals surface area (Å²) < 4.78 is 0. The van der Waals surface area contributed by atoms with E-state index in [-0.39, 0.29) is 11.8 Å². The second kappa shape index (κ2) is 17.8. The van der Waals surface area contributed by atoms with Crippen LogP contribution in [0.15, 0.2) is 127 Å². The first-order chi connectivity index (χ1) is 25.0. The van der Waals surface area contributed by atoms with Crippen molar-refractivity contribution in [2.45, 2.75) is 59.0 Å². The number of carbonyl (C=O) groups excluding carboxylic acids is 2. The lowest BCUT2D eigenvalue weighted by Crippen LogP contribution is -2.32. The van der Waals surface area contributed by atoms with Crippen molar-refractivity contribution in [3.8, 4) is 32.0 Å². The fourth-order valence-electron chi connectivity index (χ4n) is 6.05. The zero-order chi connectivity index (χ0) is 35.4. The second-order valence-corrected chi connectivity index (χ2v) is 14.9. The summed E-state index contributed by atoms with van der Waals surface area (Å²) in [5, 5.41) is 1.89. The van der Waals surface area contributed by atoms with Crippen LogP contribution in [-0.4, -0.2) is 44.7 Å². The predicted octanol–water partition coefficient (Wildman–Crippen LogP) is 10.2. The van der Waals surface area contributed by atoms with E-state index in [0.717, 1.165) is 72.4 Å². The van der Waals surface area contributed by atoms with Crippen LogP contribution in [0.5, 0.6) is 0 Å². The fourth-order valence-corrected chi connectivity index (χ4v) is 7.93. The minimum absolute atomic E-state index is 0.130. The molecule has 0 N–H and O–H groups in total. The van der Waals surface area contributed by atoms with Crippen molar-refractivity contribution >= 4 is 34.5 Å². The number of thiazole rings is 2. The summed E-state index contributed by atoms with van der Waals surface area (Å²) >= 11 is 3.29. The molecule has 8 heteroatoms. The van der Waals surface area contributed by atoms with Gasteiger partial charge >= 0.3 is 0 Å². The zero-order valence-electron chi connectivity index (χ0n) is 29.3. The highest BCUT2D eigenvalue weighted by molar-refractivity contribution is 7.15. The first-order valence-corrected chi connectivity index (χ1v) is 19.3. The molecule has 6 rings (SSSR count). The van der Waals surface area contributed by atoms with E-state index < -0.39 is 0 Å². The Kier molecular flexibility index (Phi) is 12.6. The summed E-state index contributed by atoms with van der Waals surface area (Å²) in [4.78, 5) is 41.7. The summed E-state index contributed by atoms with van der Waals surface area (Å²) in [6.45, 7) is 6.69. The highest BCUT2D eigenvalue weighted by Crippen LogP contribution is 2.32. The minimum Gasteiger partial charge on any atom is -0.336 e. The maximum absolute atomic E-state index is 13.2. The Balaban J connectivity index is 1.06. The standard InChI is InChI=1S/C43H44N4O2S2/c1-3-24-46(42(48)26-32-12-8-5-6-9-13-32)30-40-44-28-38(50-40)36-20-16-34(17-21-36)35-18-22-37(23-19-35)39-29-45-41(51-39)31-47(25-4-2)43(49)27-33-14-10-7-11-15-33/h5,7-23,28-29H,3-4,6,24-27,30-31H2,1-2H3. The lowest BCUT2D eigenvalue weighted by molar-refractivity contribution is -0.131. The van der Waals surface area contributed by atoms with Gasteiger partial charge in [-0.2, -0.15) is 0 Å². The number of allylic oxidation sites excluding steroid dienone is 5. The first-order valence-electron chi connectivity index (χ1n) is 17.7. The molecule has 51 heavy (non-hydrogen) atoms. The highest BCUT2D eigenvalue weighted by Gasteiger charge is 2.18. The van der Waals surface area contributed by atoms with Gasteiger partial charge in [-0.3, -0.25) is 9.59 Å². The topological polar surface area (TPSA) is 66.4 Å². The van der Waals surface area contributed by atoms with E-state index in [1.807, 2.05) is 64.7 Å². The molecule has 6 nitrogen and oxygen atoms in total. The van der Waals surface area contributed by atoms with Crippen LogP contribution in [0.4, 0.5) is 0 Å². The Morgan fingerprint density at radius 1 is 0.647 bits per heavy atom. The molecule has 1 aliphatic rings. The van der Waals surface area contributed by atoms with Gasteiger partial charge in [0.25, 0.3) is 0 Å². The summed E-state index contributed by atoms with van der Waals surface area (Å²) in [5.41, 5.74) is 6.59. The van der Waals surface area contributed by atoms with Crippen molar-refractivity contribution in [3.05, 3.63) is 143 Å². The van der Waals surface area contributed by atoms with Crippen molar-refractivity contribution in [1.29, 1.82) is 0 Å². The molecule has 2 heterocycles. The van der Waals surface area contributed by atoms with Gasteiger partial charge in [0.05, 0.1) is 35.7 Å². The number of hydrogen-bond donors (Lipinski definition) is 0. The fraction of sp³-hybridized carbons (Fsp3) is 0.256. The van der Waals surface area contributed by atoms with Crippen LogP contribution in [0, 0.1) is 0 Å². The molecule has 0 unspecified atom stereocenters. The number of aromatic nitrogens is 2. The van der Waals surface area contributed by atoms with Crippen LogP contribution < -0.4 is 0 Å². The lowest BCUT2D eigenvalue weighted by Gasteiger charge is -2.21. The van der Waals surface area contributed by atoms with E-state index in [9.17, 15) is 9.59 Å². The number of carbonyl (C=O) groups is 2. The summed E-state index contributed by atoms with van der Waals surface area (Å²) in [6, 6.07) is 27.1. The quantitative estimate of drug-likeness (QED) is 0.108. The van der Waals surface area contributed by atoms with Gasteiger partial charge in [0.2, 0.25) is 11.8 Å². The molecule has 2 aromatic heterocycles. The molecular weight excluding hydrogens is 669 g/mol. The molecular formula is C43H44N4O2S2. The van der Waals surface area contributed by atoms with E-state index in [2.05, 4.69) is 85.6 Å². The summed E-state index contributed by atoms with van der Waals surface area (Å²) in [7, 11) is 0. The van der Waals surface area contributed by atoms with Crippen molar-refractivity contribution in [1.82, 2.24) is 19.8 Å². The smallest absolute Gasteiger partial charge is 0.227 e. The number of benzene rings is 3. The van der Waals surface area contributed by atoms with E-state index in [1.165, 1.54) is 0 Å². The van der Waals surface area contributed by atoms with Gasteiger partial charge in [-0.1, -0.05) is 123 Å². The monoisotopic (exact) mass is 712 g/mol. The third-order valence-electron chi connectivity index (χ3n) is 8.73. The molecule has 2 amide bonds. The molecule has 0 fully saturated rings. The normalized spacial score (nSPS) is 12.4. The highest BCUT2D eigenvalue weighted by atomic mass is 32.1. The lowest BCUT2D eigenvalue weighted by atomic mass is 10.0. The predicted molar refractivity (Wildman–Crippen MR) is 211 cm³/mol. The summed E-state index contributed by atoms with van der Waals surface area (Å²) in [6.07, 6.45) is 17.7. The van der Waals surface area contributed by atoms with E-state index >= 15 is 0 Å². The van der Waals surface area contributed by atoms with Gasteiger partial charge in [-0.05, 0) is 52.7 Å². The minimum atomic E-state index is 0.130. The van der Waals surface area contributed by atoms with Gasteiger partial charge in [-0.25, -0.2) is 9.97 Å². The van der Waals surface area contributed by atoms with Gasteiger partial charge in [0, 0.05) is 25.5 Å². The largest absolute Gasteiger partial charge is 0.336 e. The Bertz CT molecular complexity index is 1990. The molecule has 0 atom stereocenters. The molecule has 0 saturated heterocycles. The van der Waals surface area contributed by atoms with Crippen LogP contribution >= 0.6 is 22.7 Å². The Hall–Kier alpha value is -4.92. The summed E-state index contributed by atoms with van der Waals surface area (Å²) in [5.74, 6) is 0.265. The second-order valence-electron chi connectivity index (χ2n) is 12.7. The van der Waals surface area contributed by atoms with Crippen molar-refractivity contribution in [2.75, 3.05) is 13.1 Å². The maximum Gasteiger partial charge on any atom is 0.227 e. The third kappa shape index (κ3) is 9.87. The molecule has 1 aliphatic carbocycles. The average molecular weight is 713 g/mol. The Labute approximate surface area is 309 Å². The molecule has 0 aliphatic heterocycles. The molecule has 0 spiro atoms. The number of amides is 2. The van der Waals surface area contributed by atoms with Crippen LogP contribution in [0.25, 0.3) is 32.0 Å². The molecule has 0 bridgehead atoms. The molecule has 5 aromatic rings. The number of hydrogen-bond acceptors (Lipinski definition) is 6. The SMILES string of the molecule is CCCN(Cc1ncc(-c2ccc(-c3ccc(-c4cnc(CN(CCC)C(=O)Cc5ccccc5)s4)cc3)cc2)s1)C(=O)CC1=CC=CCC=C1. The van der Waals surface area contributed by atoms with Crippen LogP contribution in [0.2, 0.25) is 0 Å². The van der Waals surface area contributed by atoms with Crippen LogP contribution in [0.1, 0.15) is 55.1 Å². The van der Waals surface area contributed by atoms with Gasteiger partial charge < -0.3 is 9.80 Å². The van der Waals surface area contributed by atoms with Crippen LogP contribution in [-0.2, 0) is 29.1 Å². The van der Waals surface area contributed by atoms with Crippen LogP contribution in [0.3, 0.4) is 0 Å². The van der Waals surface area contributed by atoms with Gasteiger partial charge in [0.15, 0.2) is 0 Å². The molecule has 0 saturated carbocycles. The molecule has 3 aromatic carbocycles.